The number of pyridine rings is 1. The summed E-state index contributed by atoms with van der Waals surface area (Å²) in [5, 5.41) is 1.22. The average Bonchev–Trinajstić information content (AvgIpc) is 2.72. The Balaban J connectivity index is 1.87. The van der Waals surface area contributed by atoms with E-state index in [-0.39, 0.29) is 0 Å². The van der Waals surface area contributed by atoms with Crippen LogP contribution < -0.4 is 0 Å². The van der Waals surface area contributed by atoms with Gasteiger partial charge in [-0.05, 0) is 31.0 Å². The molecule has 0 saturated carbocycles. The highest BCUT2D eigenvalue weighted by Crippen LogP contribution is 2.23. The van der Waals surface area contributed by atoms with Crippen LogP contribution in [0.15, 0.2) is 36.5 Å². The number of alkyl halides is 1. The summed E-state index contributed by atoms with van der Waals surface area (Å²) in [6, 6.07) is 11.1. The van der Waals surface area contributed by atoms with Crippen LogP contribution in [0, 0.1) is 0 Å². The maximum atomic E-state index is 6.17. The molecule has 1 aromatic heterocycles. The summed E-state index contributed by atoms with van der Waals surface area (Å²) in [5.74, 6) is 0.734. The maximum Gasteiger partial charge on any atom is 0.0746 e. The fraction of sp³-hybridized carbons (Fsp3) is 0.471. The number of aromatic nitrogens is 1. The molecule has 0 spiro atoms. The normalized spacial score (nSPS) is 20.9. The molecule has 2 nitrogen and oxygen atoms in total. The Bertz CT molecular complexity index is 564. The van der Waals surface area contributed by atoms with Gasteiger partial charge in [-0.3, -0.25) is 9.88 Å². The van der Waals surface area contributed by atoms with Crippen molar-refractivity contribution in [2.24, 2.45) is 0 Å². The van der Waals surface area contributed by atoms with Crippen molar-refractivity contribution in [2.45, 2.75) is 38.3 Å². The van der Waals surface area contributed by atoms with Crippen LogP contribution in [0.1, 0.15) is 31.2 Å². The van der Waals surface area contributed by atoms with Gasteiger partial charge in [-0.2, -0.15) is 0 Å². The third kappa shape index (κ3) is 2.97. The Morgan fingerprint density at radius 1 is 1.15 bits per heavy atom. The average molecular weight is 289 g/mol. The topological polar surface area (TPSA) is 16.1 Å². The number of benzene rings is 1. The molecular weight excluding hydrogens is 268 g/mol. The first-order chi connectivity index (χ1) is 9.88. The van der Waals surface area contributed by atoms with Crippen molar-refractivity contribution in [3.8, 4) is 0 Å². The van der Waals surface area contributed by atoms with Gasteiger partial charge in [-0.15, -0.1) is 11.6 Å². The van der Waals surface area contributed by atoms with Crippen molar-refractivity contribution in [3.05, 3.63) is 42.1 Å². The summed E-state index contributed by atoms with van der Waals surface area (Å²) in [6.07, 6.45) is 7.03. The Labute approximate surface area is 125 Å². The lowest BCUT2D eigenvalue weighted by molar-refractivity contribution is 0.208. The first-order valence-corrected chi connectivity index (χ1v) is 8.04. The zero-order valence-electron chi connectivity index (χ0n) is 11.8. The van der Waals surface area contributed by atoms with Crippen molar-refractivity contribution in [1.82, 2.24) is 9.88 Å². The van der Waals surface area contributed by atoms with E-state index in [4.69, 9.17) is 11.6 Å². The first kappa shape index (κ1) is 13.8. The molecule has 0 N–H and O–H groups in total. The van der Waals surface area contributed by atoms with Gasteiger partial charge < -0.3 is 0 Å². The van der Waals surface area contributed by atoms with Crippen LogP contribution in [0.3, 0.4) is 0 Å². The third-order valence-electron chi connectivity index (χ3n) is 4.27. The van der Waals surface area contributed by atoms with Crippen molar-refractivity contribution in [2.75, 3.05) is 12.4 Å². The number of hydrogen-bond donors (Lipinski definition) is 0. The molecule has 3 rings (SSSR count). The molecule has 1 atom stereocenters. The highest BCUT2D eigenvalue weighted by Gasteiger charge is 2.20. The van der Waals surface area contributed by atoms with Crippen molar-refractivity contribution < 1.29 is 0 Å². The van der Waals surface area contributed by atoms with E-state index in [0.29, 0.717) is 6.04 Å². The second kappa shape index (κ2) is 6.55. The number of likely N-dealkylation sites (tertiary alicyclic amines) is 1. The van der Waals surface area contributed by atoms with Crippen LogP contribution in [0.2, 0.25) is 0 Å². The lowest BCUT2D eigenvalue weighted by atomic mass is 10.1. The molecule has 3 heteroatoms. The zero-order valence-corrected chi connectivity index (χ0v) is 12.5. The first-order valence-electron chi connectivity index (χ1n) is 7.51. The molecule has 2 heterocycles. The van der Waals surface area contributed by atoms with Gasteiger partial charge in [-0.1, -0.05) is 37.1 Å². The molecule has 20 heavy (non-hydrogen) atoms. The number of rotatable bonds is 3. The minimum absolute atomic E-state index is 0.512. The van der Waals surface area contributed by atoms with Gasteiger partial charge >= 0.3 is 0 Å². The Kier molecular flexibility index (Phi) is 4.54. The summed E-state index contributed by atoms with van der Waals surface area (Å²) >= 11 is 6.17. The molecule has 1 aromatic carbocycles. The number of halogens is 1. The number of nitrogens with zero attached hydrogens (tertiary/aromatic N) is 2. The molecule has 0 radical (unpaired) electrons. The number of hydrogen-bond acceptors (Lipinski definition) is 2. The second-order valence-electron chi connectivity index (χ2n) is 5.62. The van der Waals surface area contributed by atoms with Gasteiger partial charge in [-0.25, -0.2) is 0 Å². The zero-order chi connectivity index (χ0) is 13.8. The molecule has 1 fully saturated rings. The SMILES string of the molecule is ClCC1CCCCCN1Cc1cccc2cccnc12. The van der Waals surface area contributed by atoms with E-state index in [1.165, 1.54) is 36.6 Å². The summed E-state index contributed by atoms with van der Waals surface area (Å²) < 4.78 is 0. The minimum Gasteiger partial charge on any atom is -0.295 e. The molecule has 1 aliphatic heterocycles. The number of para-hydroxylation sites is 1. The lowest BCUT2D eigenvalue weighted by Crippen LogP contribution is -2.35. The third-order valence-corrected chi connectivity index (χ3v) is 4.62. The van der Waals surface area contributed by atoms with E-state index >= 15 is 0 Å². The van der Waals surface area contributed by atoms with Gasteiger partial charge in [0.2, 0.25) is 0 Å². The lowest BCUT2D eigenvalue weighted by Gasteiger charge is -2.28. The molecule has 0 amide bonds. The van der Waals surface area contributed by atoms with Crippen molar-refractivity contribution >= 4 is 22.5 Å². The monoisotopic (exact) mass is 288 g/mol. The molecule has 1 aliphatic rings. The van der Waals surface area contributed by atoms with Gasteiger partial charge in [0.05, 0.1) is 5.52 Å². The quantitative estimate of drug-likeness (QED) is 0.786. The molecular formula is C17H21ClN2. The van der Waals surface area contributed by atoms with Crippen LogP contribution >= 0.6 is 11.6 Å². The van der Waals surface area contributed by atoms with Crippen LogP contribution in [0.25, 0.3) is 10.9 Å². The van der Waals surface area contributed by atoms with Crippen molar-refractivity contribution in [3.63, 3.8) is 0 Å². The number of fused-ring (bicyclic) bond motifs is 1. The molecule has 1 saturated heterocycles. The van der Waals surface area contributed by atoms with E-state index in [9.17, 15) is 0 Å². The van der Waals surface area contributed by atoms with E-state index in [2.05, 4.69) is 34.1 Å². The predicted molar refractivity (Wildman–Crippen MR) is 85.1 cm³/mol. The molecule has 2 aromatic rings. The van der Waals surface area contributed by atoms with Crippen LogP contribution in [0.5, 0.6) is 0 Å². The summed E-state index contributed by atoms with van der Waals surface area (Å²) in [7, 11) is 0. The van der Waals surface area contributed by atoms with Crippen molar-refractivity contribution in [1.29, 1.82) is 0 Å². The summed E-state index contributed by atoms with van der Waals surface area (Å²) in [6.45, 7) is 2.12. The largest absolute Gasteiger partial charge is 0.295 e. The van der Waals surface area contributed by atoms with E-state index in [0.717, 1.165) is 24.5 Å². The fourth-order valence-electron chi connectivity index (χ4n) is 3.13. The minimum atomic E-state index is 0.512. The Morgan fingerprint density at radius 3 is 2.95 bits per heavy atom. The summed E-state index contributed by atoms with van der Waals surface area (Å²) in [4.78, 5) is 7.11. The van der Waals surface area contributed by atoms with Crippen LogP contribution in [0.4, 0.5) is 0 Å². The van der Waals surface area contributed by atoms with Crippen LogP contribution in [-0.2, 0) is 6.54 Å². The van der Waals surface area contributed by atoms with E-state index < -0.39 is 0 Å². The predicted octanol–water partition coefficient (Wildman–Crippen LogP) is 4.22. The van der Waals surface area contributed by atoms with Gasteiger partial charge in [0.15, 0.2) is 0 Å². The van der Waals surface area contributed by atoms with Crippen LogP contribution in [-0.4, -0.2) is 28.4 Å². The Morgan fingerprint density at radius 2 is 2.05 bits per heavy atom. The van der Waals surface area contributed by atoms with E-state index in [1.807, 2.05) is 12.3 Å². The highest BCUT2D eigenvalue weighted by molar-refractivity contribution is 6.18. The molecule has 0 aliphatic carbocycles. The Hall–Kier alpha value is -1.12. The maximum absolute atomic E-state index is 6.17. The summed E-state index contributed by atoms with van der Waals surface area (Å²) in [5.41, 5.74) is 2.45. The molecule has 106 valence electrons. The fourth-order valence-corrected chi connectivity index (χ4v) is 3.48. The van der Waals surface area contributed by atoms with Gasteiger partial charge in [0.1, 0.15) is 0 Å². The van der Waals surface area contributed by atoms with Gasteiger partial charge in [0.25, 0.3) is 0 Å². The molecule has 1 unspecified atom stereocenters. The second-order valence-corrected chi connectivity index (χ2v) is 5.93. The molecule has 0 bridgehead atoms. The standard InChI is InChI=1S/C17H21ClN2/c18-12-16-9-2-1-3-11-20(16)13-15-7-4-6-14-8-5-10-19-17(14)15/h4-8,10,16H,1-3,9,11-13H2. The highest BCUT2D eigenvalue weighted by atomic mass is 35.5. The van der Waals surface area contributed by atoms with E-state index in [1.54, 1.807) is 0 Å². The smallest absolute Gasteiger partial charge is 0.0746 e. The van der Waals surface area contributed by atoms with Gasteiger partial charge in [0, 0.05) is 30.0 Å².